The number of sulfonamides is 1. The predicted molar refractivity (Wildman–Crippen MR) is 84.4 cm³/mol. The minimum absolute atomic E-state index is 0.0976. The molecule has 8 heteroatoms. The van der Waals surface area contributed by atoms with Gasteiger partial charge in [-0.25, -0.2) is 12.7 Å². The standard InChI is InChI=1S/C15H21N3O4S/c1-3-10-23(19,20)18-8-6-12(7-9-18)15-16-14(17-22-15)13-5-4-11(2)21-13/h4-5,12H,3,6-10H2,1-2H3. The lowest BCUT2D eigenvalue weighted by molar-refractivity contribution is 0.270. The highest BCUT2D eigenvalue weighted by molar-refractivity contribution is 7.89. The molecule has 23 heavy (non-hydrogen) atoms. The zero-order valence-electron chi connectivity index (χ0n) is 13.4. The van der Waals surface area contributed by atoms with Gasteiger partial charge in [-0.1, -0.05) is 12.1 Å². The van der Waals surface area contributed by atoms with Crippen LogP contribution in [0, 0.1) is 6.92 Å². The summed E-state index contributed by atoms with van der Waals surface area (Å²) in [5.41, 5.74) is 0. The summed E-state index contributed by atoms with van der Waals surface area (Å²) in [5, 5.41) is 3.96. The molecule has 1 saturated heterocycles. The van der Waals surface area contributed by atoms with Gasteiger partial charge in [0, 0.05) is 19.0 Å². The van der Waals surface area contributed by atoms with E-state index in [0.29, 0.717) is 49.8 Å². The zero-order chi connectivity index (χ0) is 16.4. The van der Waals surface area contributed by atoms with Crippen molar-refractivity contribution in [1.29, 1.82) is 0 Å². The van der Waals surface area contributed by atoms with Gasteiger partial charge in [-0.15, -0.1) is 0 Å². The van der Waals surface area contributed by atoms with Crippen LogP contribution in [0.2, 0.25) is 0 Å². The Morgan fingerprint density at radius 3 is 2.65 bits per heavy atom. The summed E-state index contributed by atoms with van der Waals surface area (Å²) in [7, 11) is -3.12. The Balaban J connectivity index is 1.65. The van der Waals surface area contributed by atoms with Crippen LogP contribution in [0.15, 0.2) is 21.1 Å². The van der Waals surface area contributed by atoms with E-state index in [1.807, 2.05) is 26.0 Å². The maximum absolute atomic E-state index is 12.1. The van der Waals surface area contributed by atoms with Crippen LogP contribution < -0.4 is 0 Å². The molecule has 0 spiro atoms. The van der Waals surface area contributed by atoms with Crippen molar-refractivity contribution in [3.05, 3.63) is 23.8 Å². The Kier molecular flexibility index (Phi) is 4.54. The highest BCUT2D eigenvalue weighted by atomic mass is 32.2. The molecule has 1 fully saturated rings. The molecule has 2 aromatic heterocycles. The summed E-state index contributed by atoms with van der Waals surface area (Å²) < 4.78 is 36.6. The molecule has 2 aromatic rings. The molecule has 0 N–H and O–H groups in total. The Morgan fingerprint density at radius 1 is 1.30 bits per heavy atom. The second kappa shape index (κ2) is 6.45. The van der Waals surface area contributed by atoms with E-state index in [1.54, 1.807) is 4.31 Å². The van der Waals surface area contributed by atoms with E-state index in [9.17, 15) is 8.42 Å². The molecule has 1 aliphatic heterocycles. The van der Waals surface area contributed by atoms with Gasteiger partial charge in [0.25, 0.3) is 0 Å². The monoisotopic (exact) mass is 339 g/mol. The molecule has 1 aliphatic rings. The number of aryl methyl sites for hydroxylation is 1. The zero-order valence-corrected chi connectivity index (χ0v) is 14.2. The van der Waals surface area contributed by atoms with E-state index in [0.717, 1.165) is 5.76 Å². The Labute approximate surface area is 135 Å². The quantitative estimate of drug-likeness (QED) is 0.831. The second-order valence-corrected chi connectivity index (χ2v) is 7.94. The van der Waals surface area contributed by atoms with E-state index in [-0.39, 0.29) is 11.7 Å². The number of rotatable bonds is 5. The third kappa shape index (κ3) is 3.48. The SMILES string of the molecule is CCCS(=O)(=O)N1CCC(c2nc(-c3ccc(C)o3)no2)CC1. The highest BCUT2D eigenvalue weighted by Gasteiger charge is 2.30. The van der Waals surface area contributed by atoms with Crippen LogP contribution in [0.3, 0.4) is 0 Å². The van der Waals surface area contributed by atoms with E-state index in [4.69, 9.17) is 8.94 Å². The fourth-order valence-corrected chi connectivity index (χ4v) is 4.37. The summed E-state index contributed by atoms with van der Waals surface area (Å²) >= 11 is 0. The van der Waals surface area contributed by atoms with Crippen LogP contribution in [-0.2, 0) is 10.0 Å². The van der Waals surface area contributed by atoms with Crippen molar-refractivity contribution < 1.29 is 17.4 Å². The van der Waals surface area contributed by atoms with Crippen LogP contribution in [0.4, 0.5) is 0 Å². The molecular formula is C15H21N3O4S. The first-order chi connectivity index (χ1) is 11.0. The molecule has 3 rings (SSSR count). The van der Waals surface area contributed by atoms with Gasteiger partial charge in [-0.2, -0.15) is 4.98 Å². The summed E-state index contributed by atoms with van der Waals surface area (Å²) in [4.78, 5) is 4.40. The lowest BCUT2D eigenvalue weighted by atomic mass is 9.98. The van der Waals surface area contributed by atoms with Gasteiger partial charge >= 0.3 is 0 Å². The van der Waals surface area contributed by atoms with Gasteiger partial charge in [0.2, 0.25) is 21.7 Å². The Morgan fingerprint density at radius 2 is 2.04 bits per heavy atom. The number of furan rings is 1. The molecule has 7 nitrogen and oxygen atoms in total. The smallest absolute Gasteiger partial charge is 0.238 e. The van der Waals surface area contributed by atoms with Crippen molar-refractivity contribution in [2.45, 2.75) is 39.0 Å². The molecular weight excluding hydrogens is 318 g/mol. The fraction of sp³-hybridized carbons (Fsp3) is 0.600. The van der Waals surface area contributed by atoms with E-state index < -0.39 is 10.0 Å². The molecule has 0 bridgehead atoms. The number of hydrogen-bond acceptors (Lipinski definition) is 6. The summed E-state index contributed by atoms with van der Waals surface area (Å²) in [5.74, 6) is 2.68. The lowest BCUT2D eigenvalue weighted by Crippen LogP contribution is -2.39. The van der Waals surface area contributed by atoms with Crippen molar-refractivity contribution >= 4 is 10.0 Å². The normalized spacial score (nSPS) is 17.7. The summed E-state index contributed by atoms with van der Waals surface area (Å²) in [6, 6.07) is 3.66. The minimum atomic E-state index is -3.12. The van der Waals surface area contributed by atoms with Gasteiger partial charge in [-0.05, 0) is 38.3 Å². The van der Waals surface area contributed by atoms with Gasteiger partial charge in [-0.3, -0.25) is 0 Å². The van der Waals surface area contributed by atoms with Gasteiger partial charge < -0.3 is 8.94 Å². The van der Waals surface area contributed by atoms with E-state index >= 15 is 0 Å². The highest BCUT2D eigenvalue weighted by Crippen LogP contribution is 2.30. The molecule has 0 saturated carbocycles. The van der Waals surface area contributed by atoms with Crippen molar-refractivity contribution in [2.24, 2.45) is 0 Å². The predicted octanol–water partition coefficient (Wildman–Crippen LogP) is 2.56. The van der Waals surface area contributed by atoms with Crippen LogP contribution in [0.5, 0.6) is 0 Å². The summed E-state index contributed by atoms with van der Waals surface area (Å²) in [6.07, 6.45) is 2.03. The Bertz CT molecular complexity index is 757. The fourth-order valence-electron chi connectivity index (χ4n) is 2.82. The van der Waals surface area contributed by atoms with Crippen molar-refractivity contribution in [3.63, 3.8) is 0 Å². The molecule has 0 atom stereocenters. The molecule has 0 unspecified atom stereocenters. The van der Waals surface area contributed by atoms with E-state index in [1.165, 1.54) is 0 Å². The summed E-state index contributed by atoms with van der Waals surface area (Å²) in [6.45, 7) is 4.74. The average molecular weight is 339 g/mol. The second-order valence-electron chi connectivity index (χ2n) is 5.86. The minimum Gasteiger partial charge on any atom is -0.458 e. The largest absolute Gasteiger partial charge is 0.458 e. The van der Waals surface area contributed by atoms with Gasteiger partial charge in [0.05, 0.1) is 5.75 Å². The Hall–Kier alpha value is -1.67. The molecule has 0 radical (unpaired) electrons. The van der Waals surface area contributed by atoms with Crippen LogP contribution in [0.25, 0.3) is 11.6 Å². The van der Waals surface area contributed by atoms with Crippen molar-refractivity contribution in [1.82, 2.24) is 14.4 Å². The van der Waals surface area contributed by atoms with Gasteiger partial charge in [0.15, 0.2) is 5.76 Å². The van der Waals surface area contributed by atoms with Crippen molar-refractivity contribution in [2.75, 3.05) is 18.8 Å². The van der Waals surface area contributed by atoms with E-state index in [2.05, 4.69) is 10.1 Å². The molecule has 0 aromatic carbocycles. The maximum Gasteiger partial charge on any atom is 0.238 e. The topological polar surface area (TPSA) is 89.4 Å². The average Bonchev–Trinajstić information content (AvgIpc) is 3.16. The maximum atomic E-state index is 12.1. The third-order valence-corrected chi connectivity index (χ3v) is 6.14. The third-order valence-electron chi connectivity index (χ3n) is 4.06. The van der Waals surface area contributed by atoms with Crippen LogP contribution >= 0.6 is 0 Å². The molecule has 0 amide bonds. The molecule has 3 heterocycles. The number of hydrogen-bond donors (Lipinski definition) is 0. The number of nitrogens with zero attached hydrogens (tertiary/aromatic N) is 3. The number of piperidine rings is 1. The first-order valence-corrected chi connectivity index (χ1v) is 9.48. The lowest BCUT2D eigenvalue weighted by Gasteiger charge is -2.29. The number of aromatic nitrogens is 2. The first-order valence-electron chi connectivity index (χ1n) is 7.88. The van der Waals surface area contributed by atoms with Crippen LogP contribution in [0.1, 0.15) is 43.8 Å². The molecule has 0 aliphatic carbocycles. The van der Waals surface area contributed by atoms with Crippen molar-refractivity contribution in [3.8, 4) is 11.6 Å². The van der Waals surface area contributed by atoms with Crippen LogP contribution in [-0.4, -0.2) is 41.7 Å². The molecule has 126 valence electrons. The van der Waals surface area contributed by atoms with Gasteiger partial charge in [0.1, 0.15) is 5.76 Å². The first kappa shape index (κ1) is 16.2.